The van der Waals surface area contributed by atoms with Crippen molar-refractivity contribution in [2.75, 3.05) is 6.61 Å². The van der Waals surface area contributed by atoms with Crippen LogP contribution in [0.25, 0.3) is 0 Å². The molecule has 21 heavy (non-hydrogen) atoms. The highest BCUT2D eigenvalue weighted by Crippen LogP contribution is 2.27. The van der Waals surface area contributed by atoms with E-state index in [9.17, 15) is 10.2 Å². The summed E-state index contributed by atoms with van der Waals surface area (Å²) in [5.74, 6) is 0.712. The fourth-order valence-corrected chi connectivity index (χ4v) is 1.93. The minimum absolute atomic E-state index is 0.342. The first-order valence-corrected chi connectivity index (χ1v) is 12.7. The number of aliphatic hydroxyl groups is 2. The zero-order valence-corrected chi connectivity index (χ0v) is 15.9. The first-order valence-electron chi connectivity index (χ1n) is 6.43. The predicted molar refractivity (Wildman–Crippen MR) is 102 cm³/mol. The van der Waals surface area contributed by atoms with Gasteiger partial charge < -0.3 is 14.9 Å². The fraction of sp³-hybridized carbons (Fsp3) is 0.250. The summed E-state index contributed by atoms with van der Waals surface area (Å²) in [7, 11) is 0. The topological polar surface area (TPSA) is 49.7 Å². The third-order valence-corrected chi connectivity index (χ3v) is 3.01. The minimum atomic E-state index is -0.956. The van der Waals surface area contributed by atoms with Crippen molar-refractivity contribution in [2.24, 2.45) is 0 Å². The van der Waals surface area contributed by atoms with Crippen LogP contribution in [0.5, 0.6) is 5.75 Å². The van der Waals surface area contributed by atoms with Crippen LogP contribution in [-0.4, -0.2) is 22.9 Å². The standard InChI is InChI=1S/C16H18O3.I2/c1-12-7-5-6-10-15(12)19-16(14(18)11-17)13-8-3-2-4-9-13;1-2/h2-10,14,16-18H,11H2,1H3;/t14-,16+;/m1./s1. The number of para-hydroxylation sites is 1. The Morgan fingerprint density at radius 2 is 1.57 bits per heavy atom. The van der Waals surface area contributed by atoms with Gasteiger partial charge in [-0.05, 0) is 24.1 Å². The van der Waals surface area contributed by atoms with Gasteiger partial charge in [0.2, 0.25) is 0 Å². The van der Waals surface area contributed by atoms with E-state index in [1.165, 1.54) is 0 Å². The Kier molecular flexibility index (Phi) is 9.21. The van der Waals surface area contributed by atoms with Crippen molar-refractivity contribution in [3.8, 4) is 5.75 Å². The molecule has 0 bridgehead atoms. The second-order valence-corrected chi connectivity index (χ2v) is 4.46. The lowest BCUT2D eigenvalue weighted by atomic mass is 10.0. The normalized spacial score (nSPS) is 12.8. The molecule has 2 aromatic rings. The molecule has 5 heteroatoms. The van der Waals surface area contributed by atoms with Gasteiger partial charge >= 0.3 is 0 Å². The van der Waals surface area contributed by atoms with E-state index in [4.69, 9.17) is 4.74 Å². The van der Waals surface area contributed by atoms with Crippen molar-refractivity contribution in [3.63, 3.8) is 0 Å². The Morgan fingerprint density at radius 1 is 1.00 bits per heavy atom. The van der Waals surface area contributed by atoms with Gasteiger partial charge in [0, 0.05) is 37.2 Å². The summed E-state index contributed by atoms with van der Waals surface area (Å²) in [6, 6.07) is 17.0. The number of halogens is 2. The summed E-state index contributed by atoms with van der Waals surface area (Å²) in [5.41, 5.74) is 1.83. The number of hydrogen-bond donors (Lipinski definition) is 2. The molecule has 0 saturated heterocycles. The first kappa shape index (κ1) is 18.7. The summed E-state index contributed by atoms with van der Waals surface area (Å²) in [4.78, 5) is 0. The monoisotopic (exact) mass is 512 g/mol. The zero-order valence-electron chi connectivity index (χ0n) is 11.6. The summed E-state index contributed by atoms with van der Waals surface area (Å²) in [6.45, 7) is 1.61. The van der Waals surface area contributed by atoms with Crippen molar-refractivity contribution in [2.45, 2.75) is 19.1 Å². The zero-order chi connectivity index (χ0) is 15.7. The molecule has 0 aromatic heterocycles. The van der Waals surface area contributed by atoms with E-state index in [1.807, 2.05) is 61.5 Å². The number of rotatable bonds is 5. The van der Waals surface area contributed by atoms with Crippen molar-refractivity contribution in [1.82, 2.24) is 0 Å². The summed E-state index contributed by atoms with van der Waals surface area (Å²) >= 11 is 4.24. The van der Waals surface area contributed by atoms with E-state index in [-0.39, 0.29) is 6.61 Å². The molecule has 114 valence electrons. The van der Waals surface area contributed by atoms with Gasteiger partial charge in [0.05, 0.1) is 6.61 Å². The Hall–Kier alpha value is -0.380. The predicted octanol–water partition coefficient (Wildman–Crippen LogP) is 4.24. The number of aryl methyl sites for hydroxylation is 1. The largest absolute Gasteiger partial charge is 0.483 e. The number of benzene rings is 2. The lowest BCUT2D eigenvalue weighted by Crippen LogP contribution is -2.27. The van der Waals surface area contributed by atoms with Gasteiger partial charge in [-0.3, -0.25) is 0 Å². The SMILES string of the molecule is Cc1ccccc1O[C@@H](c1ccccc1)[C@H](O)CO.II. The Bertz CT molecular complexity index is 520. The molecule has 2 N–H and O–H groups in total. The van der Waals surface area contributed by atoms with Gasteiger partial charge in [-0.2, -0.15) is 0 Å². The maximum atomic E-state index is 9.95. The maximum absolute atomic E-state index is 9.95. The highest BCUT2D eigenvalue weighted by molar-refractivity contribution is 15.0. The highest BCUT2D eigenvalue weighted by atomic mass is 128. The average Bonchev–Trinajstić information content (AvgIpc) is 2.56. The molecule has 0 unspecified atom stereocenters. The van der Waals surface area contributed by atoms with Crippen LogP contribution in [0.1, 0.15) is 17.2 Å². The van der Waals surface area contributed by atoms with Crippen molar-refractivity contribution in [1.29, 1.82) is 0 Å². The third kappa shape index (κ3) is 5.72. The molecule has 0 saturated carbocycles. The van der Waals surface area contributed by atoms with E-state index < -0.39 is 12.2 Å². The molecule has 0 spiro atoms. The smallest absolute Gasteiger partial charge is 0.152 e. The minimum Gasteiger partial charge on any atom is -0.483 e. The van der Waals surface area contributed by atoms with Gasteiger partial charge in [0.15, 0.2) is 6.10 Å². The molecule has 0 aliphatic carbocycles. The van der Waals surface area contributed by atoms with E-state index in [2.05, 4.69) is 37.2 Å². The molecule has 2 rings (SSSR count). The number of aliphatic hydroxyl groups excluding tert-OH is 2. The van der Waals surface area contributed by atoms with Crippen LogP contribution < -0.4 is 4.74 Å². The molecule has 2 aromatic carbocycles. The van der Waals surface area contributed by atoms with E-state index in [0.29, 0.717) is 5.75 Å². The Balaban J connectivity index is 0.00000106. The number of ether oxygens (including phenoxy) is 1. The van der Waals surface area contributed by atoms with Gasteiger partial charge in [0.25, 0.3) is 0 Å². The number of hydrogen-bond acceptors (Lipinski definition) is 3. The van der Waals surface area contributed by atoms with Gasteiger partial charge in [-0.1, -0.05) is 48.5 Å². The van der Waals surface area contributed by atoms with Crippen molar-refractivity contribution >= 4 is 37.2 Å². The first-order chi connectivity index (χ1) is 10.2. The molecule has 3 nitrogen and oxygen atoms in total. The maximum Gasteiger partial charge on any atom is 0.152 e. The quantitative estimate of drug-likeness (QED) is 0.590. The summed E-state index contributed by atoms with van der Waals surface area (Å²) in [5, 5.41) is 19.1. The molecule has 0 aliphatic heterocycles. The Labute approximate surface area is 148 Å². The molecular weight excluding hydrogens is 494 g/mol. The van der Waals surface area contributed by atoms with Crippen LogP contribution in [0.2, 0.25) is 0 Å². The van der Waals surface area contributed by atoms with Crippen molar-refractivity contribution in [3.05, 3.63) is 65.7 Å². The van der Waals surface area contributed by atoms with E-state index in [0.717, 1.165) is 11.1 Å². The van der Waals surface area contributed by atoms with Gasteiger partial charge in [-0.25, -0.2) is 0 Å². The molecule has 0 fully saturated rings. The fourth-order valence-electron chi connectivity index (χ4n) is 1.93. The highest BCUT2D eigenvalue weighted by Gasteiger charge is 2.22. The second-order valence-electron chi connectivity index (χ2n) is 4.46. The average molecular weight is 512 g/mol. The molecule has 0 amide bonds. The Morgan fingerprint density at radius 3 is 2.14 bits per heavy atom. The molecular formula is C16H18I2O3. The van der Waals surface area contributed by atoms with Gasteiger partial charge in [-0.15, -0.1) is 0 Å². The van der Waals surface area contributed by atoms with E-state index >= 15 is 0 Å². The summed E-state index contributed by atoms with van der Waals surface area (Å²) < 4.78 is 5.87. The molecule has 2 atom stereocenters. The second kappa shape index (κ2) is 10.4. The van der Waals surface area contributed by atoms with Crippen LogP contribution in [0.15, 0.2) is 54.6 Å². The lowest BCUT2D eigenvalue weighted by molar-refractivity contribution is -0.00217. The van der Waals surface area contributed by atoms with Crippen LogP contribution in [0.4, 0.5) is 0 Å². The van der Waals surface area contributed by atoms with Gasteiger partial charge in [0.1, 0.15) is 11.9 Å². The molecule has 0 radical (unpaired) electrons. The van der Waals surface area contributed by atoms with E-state index in [1.54, 1.807) is 0 Å². The molecule has 0 heterocycles. The van der Waals surface area contributed by atoms with Crippen molar-refractivity contribution < 1.29 is 14.9 Å². The van der Waals surface area contributed by atoms with Crippen LogP contribution in [0.3, 0.4) is 0 Å². The summed E-state index contributed by atoms with van der Waals surface area (Å²) in [6.07, 6.45) is -1.53. The lowest BCUT2D eigenvalue weighted by Gasteiger charge is -2.24. The van der Waals surface area contributed by atoms with Crippen LogP contribution in [-0.2, 0) is 0 Å². The third-order valence-electron chi connectivity index (χ3n) is 3.01. The van der Waals surface area contributed by atoms with Crippen LogP contribution >= 0.6 is 37.2 Å². The van der Waals surface area contributed by atoms with Crippen LogP contribution in [0, 0.1) is 6.92 Å². The molecule has 0 aliphatic rings.